The first kappa shape index (κ1) is 65.8. The lowest BCUT2D eigenvalue weighted by Gasteiger charge is -2.18. The Morgan fingerprint density at radius 3 is 1.09 bits per heavy atom. The minimum atomic E-state index is -0.602. The van der Waals surface area contributed by atoms with Crippen LogP contribution in [0.5, 0.6) is 0 Å². The molecule has 0 radical (unpaired) electrons. The lowest BCUT2D eigenvalue weighted by molar-refractivity contribution is -0.162. The normalized spacial score (nSPS) is 13.4. The van der Waals surface area contributed by atoms with E-state index in [1.807, 2.05) is 6.08 Å². The summed E-state index contributed by atoms with van der Waals surface area (Å²) in [7, 11) is 0. The second-order valence-corrected chi connectivity index (χ2v) is 18.1. The molecule has 0 saturated carbocycles. The van der Waals surface area contributed by atoms with E-state index in [9.17, 15) is 9.59 Å². The van der Waals surface area contributed by atoms with Crippen molar-refractivity contribution in [1.82, 2.24) is 0 Å². The SMILES string of the molecule is CC/C=C\C/C=C\C/C=C\C/C=C\C/C=C\C/C=C\CCC(=O)OCC(COCCCCCCCCCCCC/C=C\C/C=C\CCCCC)OC(=O)CCCC/C=C\C/C=C\C/C=C\C/C=C\CC. The van der Waals surface area contributed by atoms with Gasteiger partial charge in [0.15, 0.2) is 6.10 Å². The molecule has 394 valence electrons. The van der Waals surface area contributed by atoms with Gasteiger partial charge >= 0.3 is 11.9 Å². The van der Waals surface area contributed by atoms with Crippen molar-refractivity contribution in [2.75, 3.05) is 19.8 Å². The summed E-state index contributed by atoms with van der Waals surface area (Å²) in [6.45, 7) is 7.43. The first-order chi connectivity index (χ1) is 34.6. The van der Waals surface area contributed by atoms with Gasteiger partial charge in [0.1, 0.15) is 6.61 Å². The molecule has 1 unspecified atom stereocenters. The largest absolute Gasteiger partial charge is 0.462 e. The topological polar surface area (TPSA) is 61.8 Å². The Labute approximate surface area is 431 Å². The van der Waals surface area contributed by atoms with E-state index in [2.05, 4.69) is 161 Å². The first-order valence-corrected chi connectivity index (χ1v) is 28.4. The van der Waals surface area contributed by atoms with Crippen LogP contribution in [-0.4, -0.2) is 37.9 Å². The number of carbonyl (C=O) groups excluding carboxylic acids is 2. The summed E-state index contributed by atoms with van der Waals surface area (Å²) in [5.74, 6) is -0.552. The number of unbranched alkanes of at least 4 members (excludes halogenated alkanes) is 15. The van der Waals surface area contributed by atoms with E-state index in [1.54, 1.807) is 0 Å². The summed E-state index contributed by atoms with van der Waals surface area (Å²) in [4.78, 5) is 25.5. The van der Waals surface area contributed by atoms with Gasteiger partial charge in [0.05, 0.1) is 6.61 Å². The molecule has 0 amide bonds. The molecule has 0 saturated heterocycles. The maximum Gasteiger partial charge on any atom is 0.306 e. The van der Waals surface area contributed by atoms with Gasteiger partial charge in [-0.3, -0.25) is 9.59 Å². The zero-order valence-corrected chi connectivity index (χ0v) is 45.2. The van der Waals surface area contributed by atoms with Crippen LogP contribution in [0.1, 0.15) is 226 Å². The average Bonchev–Trinajstić information content (AvgIpc) is 3.36. The van der Waals surface area contributed by atoms with Gasteiger partial charge in [-0.2, -0.15) is 0 Å². The minimum Gasteiger partial charge on any atom is -0.462 e. The zero-order valence-electron chi connectivity index (χ0n) is 45.2. The second kappa shape index (κ2) is 59.1. The quantitative estimate of drug-likeness (QED) is 0.0345. The predicted octanol–water partition coefficient (Wildman–Crippen LogP) is 19.7. The van der Waals surface area contributed by atoms with Crippen LogP contribution in [-0.2, 0) is 23.8 Å². The molecule has 0 aliphatic carbocycles. The van der Waals surface area contributed by atoms with Gasteiger partial charge in [-0.25, -0.2) is 0 Å². The molecule has 5 heteroatoms. The van der Waals surface area contributed by atoms with Gasteiger partial charge in [-0.15, -0.1) is 0 Å². The van der Waals surface area contributed by atoms with E-state index in [0.717, 1.165) is 103 Å². The van der Waals surface area contributed by atoms with Crippen molar-refractivity contribution in [2.45, 2.75) is 232 Å². The third-order valence-electron chi connectivity index (χ3n) is 11.4. The second-order valence-electron chi connectivity index (χ2n) is 18.1. The highest BCUT2D eigenvalue weighted by atomic mass is 16.6. The van der Waals surface area contributed by atoms with Gasteiger partial charge in [-0.05, 0) is 128 Å². The highest BCUT2D eigenvalue weighted by molar-refractivity contribution is 5.70. The van der Waals surface area contributed by atoms with Crippen molar-refractivity contribution >= 4 is 11.9 Å². The summed E-state index contributed by atoms with van der Waals surface area (Å²) < 4.78 is 17.4. The monoisotopic (exact) mass is 965 g/mol. The Kier molecular flexibility index (Phi) is 55.5. The van der Waals surface area contributed by atoms with Crippen molar-refractivity contribution in [3.8, 4) is 0 Å². The summed E-state index contributed by atoms with van der Waals surface area (Å²) in [5, 5.41) is 0. The standard InChI is InChI=1S/C65H104O5/c1-4-7-10-13-16-19-22-25-28-30-32-34-36-39-42-45-48-51-54-57-60-68-61-63(70-65(67)59-56-53-50-47-44-41-37-27-24-21-18-15-12-9-6-3)62-69-64(66)58-55-52-49-46-43-40-38-35-33-31-29-26-23-20-17-14-11-8-5-2/h8-9,11-12,16-21,25-29,33,35,37,40,43-44,47,49,52,63H,4-7,10,13-15,22-24,30-32,34,36,38-39,41-42,45-46,48,50-51,53-62H2,1-3H3/b11-8-,12-9-,19-16-,20-17-,21-18-,28-25-,29-26-,35-33-,37-27-,43-40-,47-44-,52-49-. The Bertz CT molecular complexity index is 1510. The Balaban J connectivity index is 4.46. The number of ether oxygens (including phenoxy) is 3. The molecule has 0 aromatic heterocycles. The number of rotatable bonds is 50. The van der Waals surface area contributed by atoms with Crippen molar-refractivity contribution in [3.63, 3.8) is 0 Å². The van der Waals surface area contributed by atoms with E-state index in [4.69, 9.17) is 14.2 Å². The third-order valence-corrected chi connectivity index (χ3v) is 11.4. The molecule has 0 N–H and O–H groups in total. The predicted molar refractivity (Wildman–Crippen MR) is 306 cm³/mol. The molecule has 0 aliphatic heterocycles. The molecule has 0 aromatic carbocycles. The molecule has 0 heterocycles. The molecular formula is C65H104O5. The fourth-order valence-corrected chi connectivity index (χ4v) is 7.20. The summed E-state index contributed by atoms with van der Waals surface area (Å²) in [5.41, 5.74) is 0. The zero-order chi connectivity index (χ0) is 50.6. The molecule has 70 heavy (non-hydrogen) atoms. The summed E-state index contributed by atoms with van der Waals surface area (Å²) >= 11 is 0. The number of hydrogen-bond acceptors (Lipinski definition) is 5. The third kappa shape index (κ3) is 56.4. The van der Waals surface area contributed by atoms with E-state index < -0.39 is 6.10 Å². The van der Waals surface area contributed by atoms with Crippen LogP contribution in [0.15, 0.2) is 146 Å². The highest BCUT2D eigenvalue weighted by Crippen LogP contribution is 2.13. The van der Waals surface area contributed by atoms with Crippen LogP contribution in [0.2, 0.25) is 0 Å². The number of esters is 2. The van der Waals surface area contributed by atoms with E-state index >= 15 is 0 Å². The lowest BCUT2D eigenvalue weighted by atomic mass is 10.1. The van der Waals surface area contributed by atoms with Crippen LogP contribution < -0.4 is 0 Å². The fraction of sp³-hybridized carbons (Fsp3) is 0.600. The van der Waals surface area contributed by atoms with Crippen molar-refractivity contribution in [2.24, 2.45) is 0 Å². The average molecular weight is 966 g/mol. The Morgan fingerprint density at radius 1 is 0.329 bits per heavy atom. The highest BCUT2D eigenvalue weighted by Gasteiger charge is 2.17. The van der Waals surface area contributed by atoms with Crippen LogP contribution >= 0.6 is 0 Å². The van der Waals surface area contributed by atoms with Gasteiger partial charge < -0.3 is 14.2 Å². The molecule has 0 aromatic rings. The molecule has 1 atom stereocenters. The van der Waals surface area contributed by atoms with Crippen LogP contribution in [0.4, 0.5) is 0 Å². The summed E-state index contributed by atoms with van der Waals surface area (Å²) in [6, 6.07) is 0. The molecule has 0 fully saturated rings. The number of carbonyl (C=O) groups is 2. The van der Waals surface area contributed by atoms with Gasteiger partial charge in [0.2, 0.25) is 0 Å². The lowest BCUT2D eigenvalue weighted by Crippen LogP contribution is -2.30. The minimum absolute atomic E-state index is 0.0177. The van der Waals surface area contributed by atoms with Gasteiger partial charge in [0.25, 0.3) is 0 Å². The Hall–Kier alpha value is -4.22. The number of hydrogen-bond donors (Lipinski definition) is 0. The molecule has 0 spiro atoms. The Morgan fingerprint density at radius 2 is 0.671 bits per heavy atom. The van der Waals surface area contributed by atoms with Crippen molar-refractivity contribution in [3.05, 3.63) is 146 Å². The van der Waals surface area contributed by atoms with Crippen LogP contribution in [0, 0.1) is 0 Å². The summed E-state index contributed by atoms with van der Waals surface area (Å²) in [6.07, 6.45) is 86.0. The molecular weight excluding hydrogens is 861 g/mol. The molecule has 0 bridgehead atoms. The maximum absolute atomic E-state index is 12.8. The smallest absolute Gasteiger partial charge is 0.306 e. The first-order valence-electron chi connectivity index (χ1n) is 28.4. The van der Waals surface area contributed by atoms with Crippen LogP contribution in [0.3, 0.4) is 0 Å². The van der Waals surface area contributed by atoms with Gasteiger partial charge in [-0.1, -0.05) is 231 Å². The molecule has 5 nitrogen and oxygen atoms in total. The van der Waals surface area contributed by atoms with Crippen LogP contribution in [0.25, 0.3) is 0 Å². The molecule has 0 rings (SSSR count). The van der Waals surface area contributed by atoms with Crippen molar-refractivity contribution < 1.29 is 23.8 Å². The van der Waals surface area contributed by atoms with E-state index in [0.29, 0.717) is 19.4 Å². The molecule has 0 aliphatic rings. The fourth-order valence-electron chi connectivity index (χ4n) is 7.20. The van der Waals surface area contributed by atoms with E-state index in [-0.39, 0.29) is 31.6 Å². The maximum atomic E-state index is 12.8. The van der Waals surface area contributed by atoms with Crippen molar-refractivity contribution in [1.29, 1.82) is 0 Å². The van der Waals surface area contributed by atoms with E-state index in [1.165, 1.54) is 83.5 Å². The van der Waals surface area contributed by atoms with Gasteiger partial charge in [0, 0.05) is 19.4 Å². The number of allylic oxidation sites excluding steroid dienone is 24.